The van der Waals surface area contributed by atoms with Gasteiger partial charge in [-0.15, -0.1) is 0 Å². The summed E-state index contributed by atoms with van der Waals surface area (Å²) in [5.41, 5.74) is 21.0. The second-order valence-corrected chi connectivity index (χ2v) is 41.7. The summed E-state index contributed by atoms with van der Waals surface area (Å²) in [6.45, 7) is 10.3. The molecule has 0 saturated carbocycles. The fraction of sp³-hybridized carbons (Fsp3) is 0.222. The molecule has 10 aromatic carbocycles. The maximum absolute atomic E-state index is 2.83. The number of benzene rings is 10. The van der Waals surface area contributed by atoms with Crippen molar-refractivity contribution in [2.45, 2.75) is 98.4 Å². The number of hydrogen-bond acceptors (Lipinski definition) is 0. The Balaban J connectivity index is 1.16. The van der Waals surface area contributed by atoms with Gasteiger partial charge in [-0.05, 0) is 0 Å². The Kier molecular flexibility index (Phi) is 14.2. The molecule has 12 rings (SSSR count). The Morgan fingerprint density at radius 2 is 0.635 bits per heavy atom. The Bertz CT molecular complexity index is 3510. The van der Waals surface area contributed by atoms with Gasteiger partial charge in [0, 0.05) is 0 Å². The van der Waals surface area contributed by atoms with Crippen LogP contribution in [0.4, 0.5) is 0 Å². The predicted octanol–water partition coefficient (Wildman–Crippen LogP) is 21.1. The summed E-state index contributed by atoms with van der Waals surface area (Å²) in [4.78, 5) is 0. The van der Waals surface area contributed by atoms with Gasteiger partial charge in [-0.3, -0.25) is 0 Å². The molecule has 0 radical (unpaired) electrons. The first-order valence-corrected chi connectivity index (χ1v) is 38.0. The van der Waals surface area contributed by atoms with Crippen LogP contribution in [0.3, 0.4) is 0 Å². The number of rotatable bonds is 17. The summed E-state index contributed by atoms with van der Waals surface area (Å²) in [7, 11) is 0. The van der Waals surface area contributed by atoms with Crippen LogP contribution in [0, 0.1) is 0 Å². The monoisotopic (exact) mass is 1050 g/mol. The molecule has 0 bridgehead atoms. The third-order valence-corrected chi connectivity index (χ3v) is 38.5. The maximum atomic E-state index is 2.80. The topological polar surface area (TPSA) is 0 Å². The van der Waals surface area contributed by atoms with E-state index in [1.165, 1.54) is 163 Å². The predicted molar refractivity (Wildman–Crippen MR) is 322 cm³/mol. The molecule has 0 heterocycles. The van der Waals surface area contributed by atoms with E-state index in [-0.39, 0.29) is 0 Å². The summed E-state index contributed by atoms with van der Waals surface area (Å²) in [6.07, 6.45) is 18.1. The van der Waals surface area contributed by atoms with Gasteiger partial charge >= 0.3 is 453 Å². The van der Waals surface area contributed by atoms with Gasteiger partial charge in [0.15, 0.2) is 0 Å². The number of unbranched alkanes of at least 4 members (excludes halogenated alkanes) is 6. The van der Waals surface area contributed by atoms with E-state index in [1.54, 1.807) is 22.3 Å². The van der Waals surface area contributed by atoms with Gasteiger partial charge in [0.2, 0.25) is 0 Å². The molecule has 0 aromatic heterocycles. The number of fused-ring (bicyclic) bond motifs is 6. The van der Waals surface area contributed by atoms with Crippen LogP contribution in [0.15, 0.2) is 205 Å². The zero-order valence-corrected chi connectivity index (χ0v) is 47.5. The average molecular weight is 1050 g/mol. The number of allylic oxidation sites excluding steroid dienone is 2. The molecule has 0 fully saturated rings. The molecule has 2 aliphatic rings. The fourth-order valence-electron chi connectivity index (χ4n) is 13.4. The SMILES string of the molecule is CCCCCCC1=Cc2c(-c3cccc4ccccc34)ccc(-c3cccc4ccccc34)c2[CH]1[Zr]([CH]1C(CCCCCC)=Cc2c(-c3cccc4ccccc34)ccc(-c3cccc4ccccc34)c21)[SiH](C)C. The molecular formula is C72H69SiZr. The second-order valence-electron chi connectivity index (χ2n) is 21.7. The molecule has 0 spiro atoms. The quantitative estimate of drug-likeness (QED) is 0.0630. The molecule has 0 aliphatic heterocycles. The van der Waals surface area contributed by atoms with E-state index in [1.807, 2.05) is 0 Å². The number of hydrogen-bond donors (Lipinski definition) is 0. The van der Waals surface area contributed by atoms with Gasteiger partial charge in [-0.2, -0.15) is 0 Å². The first kappa shape index (κ1) is 48.7. The summed E-state index contributed by atoms with van der Waals surface area (Å²) in [6, 6.07) is 74.8. The normalized spacial score (nSPS) is 15.0. The van der Waals surface area contributed by atoms with E-state index in [9.17, 15) is 0 Å². The zero-order chi connectivity index (χ0) is 50.1. The van der Waals surface area contributed by atoms with Crippen molar-refractivity contribution < 1.29 is 20.9 Å². The van der Waals surface area contributed by atoms with Crippen LogP contribution >= 0.6 is 0 Å². The second kappa shape index (κ2) is 21.6. The van der Waals surface area contributed by atoms with Crippen LogP contribution in [0.2, 0.25) is 13.1 Å². The molecule has 0 saturated heterocycles. The van der Waals surface area contributed by atoms with Crippen molar-refractivity contribution in [2.75, 3.05) is 0 Å². The van der Waals surface area contributed by atoms with Gasteiger partial charge in [-0.1, -0.05) is 0 Å². The summed E-state index contributed by atoms with van der Waals surface area (Å²) in [5, 5.41) is 10.7. The van der Waals surface area contributed by atoms with E-state index in [4.69, 9.17) is 0 Å². The molecule has 0 nitrogen and oxygen atoms in total. The van der Waals surface area contributed by atoms with Gasteiger partial charge in [0.1, 0.15) is 0 Å². The van der Waals surface area contributed by atoms with Crippen LogP contribution in [0.5, 0.6) is 0 Å². The van der Waals surface area contributed by atoms with Crippen LogP contribution in [-0.4, -0.2) is 5.92 Å². The summed E-state index contributed by atoms with van der Waals surface area (Å²) >= 11 is -2.83. The fourth-order valence-corrected chi connectivity index (χ4v) is 36.3. The van der Waals surface area contributed by atoms with Crippen molar-refractivity contribution in [3.8, 4) is 44.5 Å². The molecule has 365 valence electrons. The van der Waals surface area contributed by atoms with Gasteiger partial charge < -0.3 is 0 Å². The van der Waals surface area contributed by atoms with Crippen molar-refractivity contribution in [1.82, 2.24) is 0 Å². The van der Waals surface area contributed by atoms with Gasteiger partial charge in [0.05, 0.1) is 0 Å². The molecular weight excluding hydrogens is 984 g/mol. The van der Waals surface area contributed by atoms with Crippen LogP contribution in [0.25, 0.3) is 99.7 Å². The van der Waals surface area contributed by atoms with Crippen LogP contribution in [-0.2, 0) is 20.9 Å². The van der Waals surface area contributed by atoms with Crippen molar-refractivity contribution >= 4 is 61.2 Å². The van der Waals surface area contributed by atoms with E-state index >= 15 is 0 Å². The Hall–Kier alpha value is -6.18. The van der Waals surface area contributed by atoms with Gasteiger partial charge in [0.25, 0.3) is 0 Å². The first-order chi connectivity index (χ1) is 36.5. The molecule has 10 aromatic rings. The molecule has 2 atom stereocenters. The Morgan fingerprint density at radius 3 is 0.973 bits per heavy atom. The van der Waals surface area contributed by atoms with Crippen molar-refractivity contribution in [2.24, 2.45) is 0 Å². The molecule has 0 amide bonds. The summed E-state index contributed by atoms with van der Waals surface area (Å²) < 4.78 is 0.919. The average Bonchev–Trinajstić information content (AvgIpc) is 4.02. The van der Waals surface area contributed by atoms with E-state index in [0.717, 1.165) is 0 Å². The van der Waals surface area contributed by atoms with Crippen LogP contribution in [0.1, 0.15) is 108 Å². The third-order valence-electron chi connectivity index (χ3n) is 16.8. The molecule has 2 heteroatoms. The van der Waals surface area contributed by atoms with E-state index in [2.05, 4.69) is 233 Å². The Labute approximate surface area is 449 Å². The Morgan fingerprint density at radius 1 is 0.324 bits per heavy atom. The van der Waals surface area contributed by atoms with Gasteiger partial charge in [-0.25, -0.2) is 0 Å². The van der Waals surface area contributed by atoms with Crippen molar-refractivity contribution in [3.05, 3.63) is 228 Å². The summed E-state index contributed by atoms with van der Waals surface area (Å²) in [5.74, 6) is -1.35. The molecule has 2 unspecified atom stereocenters. The standard InChI is InChI=1S/2C35H31.C2H7Si.Zr/c2*1-2-3-4-5-12-25-23-34-32(30-19-10-15-26-13-6-8-17-28(26)30)21-22-33(35(34)24-25)31-20-11-16-27-14-7-9-18-29(27)31;1-3-2;/h2*6-11,13-24H,2-5,12H2,1H3;3H,1-2H3;. The first-order valence-electron chi connectivity index (χ1n) is 28.1. The van der Waals surface area contributed by atoms with Crippen molar-refractivity contribution in [3.63, 3.8) is 0 Å². The molecule has 2 aliphatic carbocycles. The minimum absolute atomic E-state index is 0.459. The third kappa shape index (κ3) is 8.95. The van der Waals surface area contributed by atoms with Crippen LogP contribution < -0.4 is 0 Å². The zero-order valence-electron chi connectivity index (χ0n) is 43.9. The van der Waals surface area contributed by atoms with Crippen molar-refractivity contribution in [1.29, 1.82) is 0 Å². The van der Waals surface area contributed by atoms with E-state index < -0.39 is 26.8 Å². The molecule has 74 heavy (non-hydrogen) atoms. The molecule has 0 N–H and O–H groups in total. The minimum atomic E-state index is -2.83. The van der Waals surface area contributed by atoms with E-state index in [0.29, 0.717) is 7.25 Å².